The normalized spacial score (nSPS) is 11.3. The first-order valence-corrected chi connectivity index (χ1v) is 32.6. The Morgan fingerprint density at radius 1 is 0.276 bits per heavy atom. The first kappa shape index (κ1) is 69.4. The molecule has 0 aliphatic carbocycles. The first-order chi connectivity index (χ1) is 37.0. The Kier molecular flexibility index (Phi) is 40.6. The van der Waals surface area contributed by atoms with E-state index >= 15 is 0 Å². The SMILES string of the molecule is C=CCO[Si](OCC=C)(OCC=C)OCC=C.CCCO[Si](OCCC)(OCCC)OCCC.CCO[Si](OCC)(OCC)OCC.c1ccc(O[Si](Oc2ccccc2)(Oc2ccccc2)Oc2ccccc2)cc1. The summed E-state index contributed by atoms with van der Waals surface area (Å²) in [5.74, 6) is 2.40. The lowest BCUT2D eigenvalue weighted by Crippen LogP contribution is -2.60. The van der Waals surface area contributed by atoms with Gasteiger partial charge in [-0.3, -0.25) is 0 Å². The van der Waals surface area contributed by atoms with E-state index in [9.17, 15) is 0 Å². The molecule has 0 fully saturated rings. The van der Waals surface area contributed by atoms with E-state index in [-0.39, 0.29) is 26.4 Å². The minimum atomic E-state index is -3.76. The highest BCUT2D eigenvalue weighted by atomic mass is 28.4. The number of hydrogen-bond acceptors (Lipinski definition) is 16. The predicted octanol–water partition coefficient (Wildman–Crippen LogP) is 12.7. The Morgan fingerprint density at radius 3 is 0.658 bits per heavy atom. The van der Waals surface area contributed by atoms with Gasteiger partial charge in [0.05, 0.1) is 26.4 Å². The molecule has 4 aromatic rings. The lowest BCUT2D eigenvalue weighted by Gasteiger charge is -2.28. The summed E-state index contributed by atoms with van der Waals surface area (Å²) in [5, 5.41) is 0. The molecule has 0 spiro atoms. The summed E-state index contributed by atoms with van der Waals surface area (Å²) < 4.78 is 91.9. The molecule has 0 saturated carbocycles. The van der Waals surface area contributed by atoms with Gasteiger partial charge in [-0.1, -0.05) is 125 Å². The standard InChI is InChI=1S/C24H20O4Si.C12H28O4Si.C12H20O4Si.C8H20O4Si/c1-5-13-21(14-6-1)25-29(26-22-15-7-2-8-16-22,27-23-17-9-3-10-18-23)28-24-19-11-4-12-20-24;2*1-5-9-13-17(14-10-6-2,15-11-7-3)16-12-8-4;1-5-9-13(10-6-2,11-7-3)12-8-4/h1-20H;5-12H2,1-4H3;5-8H,1-4,9-12H2;5-8H2,1-4H3. The van der Waals surface area contributed by atoms with Gasteiger partial charge in [-0.25, -0.2) is 0 Å². The van der Waals surface area contributed by atoms with Crippen molar-refractivity contribution in [3.8, 4) is 23.0 Å². The summed E-state index contributed by atoms with van der Waals surface area (Å²) in [6, 6.07) is 37.6. The molecule has 4 aromatic carbocycles. The second kappa shape index (κ2) is 44.4. The van der Waals surface area contributed by atoms with Gasteiger partial charge in [0.2, 0.25) is 0 Å². The molecule has 0 saturated heterocycles. The molecule has 0 unspecified atom stereocenters. The second-order valence-corrected chi connectivity index (χ2v) is 23.5. The number of hydrogen-bond donors (Lipinski definition) is 0. The maximum absolute atomic E-state index is 6.29. The summed E-state index contributed by atoms with van der Waals surface area (Å²) in [7, 11) is -12.6. The Balaban J connectivity index is 0.000000537. The van der Waals surface area contributed by atoms with E-state index in [1.54, 1.807) is 24.3 Å². The van der Waals surface area contributed by atoms with E-state index in [4.69, 9.17) is 70.8 Å². The van der Waals surface area contributed by atoms with Gasteiger partial charge in [-0.05, 0) is 102 Å². The molecule has 0 atom stereocenters. The zero-order valence-electron chi connectivity index (χ0n) is 46.5. The molecule has 0 radical (unpaired) electrons. The van der Waals surface area contributed by atoms with Crippen molar-refractivity contribution < 1.29 is 70.8 Å². The van der Waals surface area contributed by atoms with E-state index in [1.165, 1.54) is 0 Å². The Bertz CT molecular complexity index is 1700. The van der Waals surface area contributed by atoms with Gasteiger partial charge in [0, 0.05) is 52.9 Å². The van der Waals surface area contributed by atoms with E-state index < -0.39 is 36.2 Å². The number of benzene rings is 4. The molecular formula is C56H88O16Si4. The van der Waals surface area contributed by atoms with Gasteiger partial charge in [-0.2, -0.15) is 0 Å². The molecule has 0 N–H and O–H groups in total. The van der Waals surface area contributed by atoms with Crippen molar-refractivity contribution in [2.24, 2.45) is 0 Å². The average molecular weight is 1130 g/mol. The monoisotopic (exact) mass is 1130 g/mol. The quantitative estimate of drug-likeness (QED) is 0.0307. The summed E-state index contributed by atoms with van der Waals surface area (Å²) >= 11 is 0. The van der Waals surface area contributed by atoms with Gasteiger partial charge in [0.25, 0.3) is 0 Å². The lowest BCUT2D eigenvalue weighted by atomic mass is 10.3. The third-order valence-electron chi connectivity index (χ3n) is 8.67. The zero-order valence-corrected chi connectivity index (χ0v) is 50.5. The maximum Gasteiger partial charge on any atom is 0.966 e. The van der Waals surface area contributed by atoms with Crippen molar-refractivity contribution in [1.29, 1.82) is 0 Å². The highest BCUT2D eigenvalue weighted by Crippen LogP contribution is 2.27. The van der Waals surface area contributed by atoms with Crippen LogP contribution in [0.1, 0.15) is 81.1 Å². The van der Waals surface area contributed by atoms with Crippen LogP contribution in [0.25, 0.3) is 0 Å². The zero-order chi connectivity index (χ0) is 55.9. The van der Waals surface area contributed by atoms with Crippen molar-refractivity contribution in [2.75, 3.05) is 79.3 Å². The highest BCUT2D eigenvalue weighted by molar-refractivity contribution is 6.57. The van der Waals surface area contributed by atoms with Crippen LogP contribution in [-0.2, 0) is 53.1 Å². The fourth-order valence-electron chi connectivity index (χ4n) is 5.67. The molecule has 0 bridgehead atoms. The average Bonchev–Trinajstić information content (AvgIpc) is 3.44. The minimum Gasteiger partial charge on any atom is -0.452 e. The van der Waals surface area contributed by atoms with E-state index in [2.05, 4.69) is 54.0 Å². The summed E-state index contributed by atoms with van der Waals surface area (Å²) in [5.41, 5.74) is 0. The Labute approximate surface area is 460 Å². The topological polar surface area (TPSA) is 148 Å². The van der Waals surface area contributed by atoms with Crippen molar-refractivity contribution in [3.63, 3.8) is 0 Å². The van der Waals surface area contributed by atoms with Crippen LogP contribution in [0.2, 0.25) is 0 Å². The molecule has 16 nitrogen and oxygen atoms in total. The molecule has 0 amide bonds. The molecular weight excluding hydrogens is 1040 g/mol. The van der Waals surface area contributed by atoms with Gasteiger partial charge in [-0.15, -0.1) is 26.3 Å². The molecule has 4 rings (SSSR count). The summed E-state index contributed by atoms with van der Waals surface area (Å²) in [4.78, 5) is 0. The van der Waals surface area contributed by atoms with Crippen LogP contribution in [0, 0.1) is 0 Å². The predicted molar refractivity (Wildman–Crippen MR) is 307 cm³/mol. The highest BCUT2D eigenvalue weighted by Gasteiger charge is 2.58. The molecule has 0 aliphatic rings. The van der Waals surface area contributed by atoms with Crippen LogP contribution in [0.15, 0.2) is 172 Å². The summed E-state index contributed by atoms with van der Waals surface area (Å²) in [6.07, 6.45) is 10.2. The minimum absolute atomic E-state index is 0.289. The molecule has 0 heterocycles. The van der Waals surface area contributed by atoms with Crippen LogP contribution in [0.3, 0.4) is 0 Å². The van der Waals surface area contributed by atoms with Gasteiger partial charge < -0.3 is 70.8 Å². The Hall–Kier alpha value is -4.57. The fraction of sp³-hybridized carbons (Fsp3) is 0.429. The molecule has 424 valence electrons. The summed E-state index contributed by atoms with van der Waals surface area (Å²) in [6.45, 7) is 36.0. The third kappa shape index (κ3) is 30.4. The van der Waals surface area contributed by atoms with Gasteiger partial charge in [0.15, 0.2) is 0 Å². The fourth-order valence-corrected chi connectivity index (χ4v) is 13.6. The van der Waals surface area contributed by atoms with Crippen molar-refractivity contribution in [1.82, 2.24) is 0 Å². The van der Waals surface area contributed by atoms with Crippen molar-refractivity contribution >= 4 is 36.2 Å². The van der Waals surface area contributed by atoms with E-state index in [0.29, 0.717) is 75.9 Å². The van der Waals surface area contributed by atoms with Crippen molar-refractivity contribution in [3.05, 3.63) is 172 Å². The van der Waals surface area contributed by atoms with Crippen LogP contribution in [0.4, 0.5) is 0 Å². The molecule has 76 heavy (non-hydrogen) atoms. The molecule has 20 heteroatoms. The number of para-hydroxylation sites is 4. The lowest BCUT2D eigenvalue weighted by molar-refractivity contribution is -0.0348. The number of rotatable bonds is 40. The largest absolute Gasteiger partial charge is 0.966 e. The van der Waals surface area contributed by atoms with Crippen LogP contribution < -0.4 is 17.7 Å². The van der Waals surface area contributed by atoms with E-state index in [0.717, 1.165) is 25.7 Å². The maximum atomic E-state index is 6.29. The van der Waals surface area contributed by atoms with Crippen LogP contribution in [-0.4, -0.2) is 115 Å². The first-order valence-electron chi connectivity index (χ1n) is 26.1. The molecule has 0 aromatic heterocycles. The van der Waals surface area contributed by atoms with Crippen molar-refractivity contribution in [2.45, 2.75) is 81.1 Å². The second-order valence-electron chi connectivity index (χ2n) is 15.2. The molecule has 0 aliphatic heterocycles. The van der Waals surface area contributed by atoms with E-state index in [1.807, 2.05) is 149 Å². The van der Waals surface area contributed by atoms with Gasteiger partial charge in [0.1, 0.15) is 23.0 Å². The van der Waals surface area contributed by atoms with Gasteiger partial charge >= 0.3 is 36.2 Å². The smallest absolute Gasteiger partial charge is 0.452 e. The van der Waals surface area contributed by atoms with Crippen LogP contribution in [0.5, 0.6) is 23.0 Å². The van der Waals surface area contributed by atoms with Crippen LogP contribution >= 0.6 is 0 Å². The third-order valence-corrected chi connectivity index (χ3v) is 17.5. The Morgan fingerprint density at radius 2 is 0.474 bits per heavy atom.